The first kappa shape index (κ1) is 13.4. The molecule has 0 aliphatic rings. The van der Waals surface area contributed by atoms with Crippen molar-refractivity contribution in [3.05, 3.63) is 34.2 Å². The Morgan fingerprint density at radius 1 is 1.44 bits per heavy atom. The van der Waals surface area contributed by atoms with Gasteiger partial charge in [-0.1, -0.05) is 31.9 Å². The second-order valence-electron chi connectivity index (χ2n) is 3.72. The second kappa shape index (κ2) is 5.63. The normalized spacial score (nSPS) is 11.2. The Balaban J connectivity index is 2.80. The number of nitrogens with one attached hydrogen (secondary N) is 2. The van der Waals surface area contributed by atoms with E-state index in [0.29, 0.717) is 16.2 Å². The fraction of sp³-hybridized carbons (Fsp3) is 0.400. The fourth-order valence-corrected chi connectivity index (χ4v) is 2.21. The predicted octanol–water partition coefficient (Wildman–Crippen LogP) is 1.65. The molecule has 4 nitrogen and oxygen atoms in total. The van der Waals surface area contributed by atoms with Crippen molar-refractivity contribution in [1.82, 2.24) is 10.3 Å². The Labute approximate surface area is 110 Å². The van der Waals surface area contributed by atoms with Gasteiger partial charge in [0.1, 0.15) is 0 Å². The highest BCUT2D eigenvalue weighted by molar-refractivity contribution is 9.09. The molecule has 0 atom stereocenters. The van der Waals surface area contributed by atoms with Crippen molar-refractivity contribution >= 4 is 37.8 Å². The number of carbonyl (C=O) groups excluding carboxylic acids is 1. The zero-order chi connectivity index (χ0) is 12.2. The summed E-state index contributed by atoms with van der Waals surface area (Å²) >= 11 is 6.68. The Morgan fingerprint density at radius 3 is 2.50 bits per heavy atom. The van der Waals surface area contributed by atoms with Crippen LogP contribution in [0.25, 0.3) is 0 Å². The van der Waals surface area contributed by atoms with Gasteiger partial charge in [-0.3, -0.25) is 9.59 Å². The molecule has 0 spiro atoms. The highest BCUT2D eigenvalue weighted by Gasteiger charge is 2.24. The molecule has 1 heterocycles. The maximum atomic E-state index is 11.8. The summed E-state index contributed by atoms with van der Waals surface area (Å²) in [6, 6.07) is 2.82. The number of aromatic amines is 1. The summed E-state index contributed by atoms with van der Waals surface area (Å²) in [5, 5.41) is 4.15. The van der Waals surface area contributed by atoms with Gasteiger partial charge in [0, 0.05) is 22.9 Å². The van der Waals surface area contributed by atoms with Gasteiger partial charge in [-0.05, 0) is 13.0 Å². The van der Waals surface area contributed by atoms with Gasteiger partial charge >= 0.3 is 0 Å². The molecule has 0 bridgehead atoms. The van der Waals surface area contributed by atoms with Crippen molar-refractivity contribution < 1.29 is 4.79 Å². The topological polar surface area (TPSA) is 62.0 Å². The third kappa shape index (κ3) is 3.45. The van der Waals surface area contributed by atoms with Gasteiger partial charge in [0.25, 0.3) is 5.91 Å². The van der Waals surface area contributed by atoms with Crippen molar-refractivity contribution in [2.75, 3.05) is 10.7 Å². The van der Waals surface area contributed by atoms with Gasteiger partial charge in [-0.2, -0.15) is 0 Å². The Morgan fingerprint density at radius 2 is 2.06 bits per heavy atom. The molecule has 0 unspecified atom stereocenters. The average molecular weight is 352 g/mol. The molecule has 0 saturated heterocycles. The number of halogens is 2. The zero-order valence-electron chi connectivity index (χ0n) is 8.72. The van der Waals surface area contributed by atoms with E-state index in [0.717, 1.165) is 0 Å². The molecule has 0 fully saturated rings. The van der Waals surface area contributed by atoms with E-state index in [-0.39, 0.29) is 17.0 Å². The quantitative estimate of drug-likeness (QED) is 0.810. The van der Waals surface area contributed by atoms with Crippen LogP contribution in [0, 0.1) is 0 Å². The molecule has 0 saturated carbocycles. The first-order valence-corrected chi connectivity index (χ1v) is 6.88. The summed E-state index contributed by atoms with van der Waals surface area (Å²) in [6.45, 7) is 1.92. The Bertz CT molecular complexity index is 407. The van der Waals surface area contributed by atoms with Gasteiger partial charge in [0.2, 0.25) is 5.56 Å². The molecule has 6 heteroatoms. The van der Waals surface area contributed by atoms with Crippen molar-refractivity contribution in [3.8, 4) is 0 Å². The predicted molar refractivity (Wildman–Crippen MR) is 70.5 cm³/mol. The van der Waals surface area contributed by atoms with Crippen molar-refractivity contribution in [3.63, 3.8) is 0 Å². The number of hydrogen-bond donors (Lipinski definition) is 2. The van der Waals surface area contributed by atoms with E-state index in [2.05, 4.69) is 42.2 Å². The van der Waals surface area contributed by atoms with Gasteiger partial charge < -0.3 is 10.3 Å². The van der Waals surface area contributed by atoms with Crippen molar-refractivity contribution in [2.24, 2.45) is 0 Å². The number of pyridine rings is 1. The van der Waals surface area contributed by atoms with Crippen LogP contribution < -0.4 is 10.9 Å². The lowest BCUT2D eigenvalue weighted by molar-refractivity contribution is 0.0922. The SMILES string of the molecule is CC(CBr)(CBr)NC(=O)c1ccc(=O)[nH]c1. The van der Waals surface area contributed by atoms with Crippen LogP contribution in [0.2, 0.25) is 0 Å². The van der Waals surface area contributed by atoms with Crippen LogP contribution >= 0.6 is 31.9 Å². The van der Waals surface area contributed by atoms with Crippen LogP contribution in [-0.2, 0) is 0 Å². The standard InChI is InChI=1S/C10H12Br2N2O2/c1-10(5-11,6-12)14-9(16)7-2-3-8(15)13-4-7/h2-4H,5-6H2,1H3,(H,13,15)(H,14,16). The first-order chi connectivity index (χ1) is 7.50. The number of H-pyrrole nitrogens is 1. The molecule has 0 aliphatic carbocycles. The summed E-state index contributed by atoms with van der Waals surface area (Å²) in [4.78, 5) is 25.1. The van der Waals surface area contributed by atoms with E-state index in [1.54, 1.807) is 0 Å². The molecular formula is C10H12Br2N2O2. The monoisotopic (exact) mass is 350 g/mol. The molecule has 1 aromatic rings. The molecule has 16 heavy (non-hydrogen) atoms. The van der Waals surface area contributed by atoms with Crippen LogP contribution in [0.1, 0.15) is 17.3 Å². The summed E-state index contributed by atoms with van der Waals surface area (Å²) in [5.41, 5.74) is -0.138. The largest absolute Gasteiger partial charge is 0.345 e. The van der Waals surface area contributed by atoms with Crippen LogP contribution in [-0.4, -0.2) is 27.1 Å². The van der Waals surface area contributed by atoms with E-state index in [9.17, 15) is 9.59 Å². The van der Waals surface area contributed by atoms with E-state index < -0.39 is 0 Å². The molecule has 1 aromatic heterocycles. The molecule has 2 N–H and O–H groups in total. The van der Waals surface area contributed by atoms with Gasteiger partial charge in [0.15, 0.2) is 0 Å². The molecule has 0 radical (unpaired) electrons. The van der Waals surface area contributed by atoms with Gasteiger partial charge in [-0.15, -0.1) is 0 Å². The number of hydrogen-bond acceptors (Lipinski definition) is 2. The highest BCUT2D eigenvalue weighted by atomic mass is 79.9. The molecule has 0 aliphatic heterocycles. The first-order valence-electron chi connectivity index (χ1n) is 4.64. The van der Waals surface area contributed by atoms with E-state index in [4.69, 9.17) is 0 Å². The number of alkyl halides is 2. The van der Waals surface area contributed by atoms with E-state index in [1.165, 1.54) is 18.3 Å². The Kier molecular flexibility index (Phi) is 4.73. The number of aromatic nitrogens is 1. The van der Waals surface area contributed by atoms with Crippen LogP contribution in [0.4, 0.5) is 0 Å². The lowest BCUT2D eigenvalue weighted by Gasteiger charge is -2.26. The average Bonchev–Trinajstić information content (AvgIpc) is 2.29. The van der Waals surface area contributed by atoms with Gasteiger partial charge in [-0.25, -0.2) is 0 Å². The van der Waals surface area contributed by atoms with Crippen LogP contribution in [0.15, 0.2) is 23.1 Å². The third-order valence-electron chi connectivity index (χ3n) is 2.05. The zero-order valence-corrected chi connectivity index (χ0v) is 11.9. The molecule has 0 aromatic carbocycles. The minimum atomic E-state index is -0.354. The maximum Gasteiger partial charge on any atom is 0.253 e. The van der Waals surface area contributed by atoms with Crippen LogP contribution in [0.3, 0.4) is 0 Å². The van der Waals surface area contributed by atoms with Crippen molar-refractivity contribution in [1.29, 1.82) is 0 Å². The summed E-state index contributed by atoms with van der Waals surface area (Å²) in [6.07, 6.45) is 1.40. The maximum absolute atomic E-state index is 11.8. The number of carbonyl (C=O) groups is 1. The molecule has 1 rings (SSSR count). The van der Waals surface area contributed by atoms with Crippen molar-refractivity contribution in [2.45, 2.75) is 12.5 Å². The lowest BCUT2D eigenvalue weighted by atomic mass is 10.1. The van der Waals surface area contributed by atoms with E-state index in [1.807, 2.05) is 6.92 Å². The number of amides is 1. The van der Waals surface area contributed by atoms with Crippen LogP contribution in [0.5, 0.6) is 0 Å². The fourth-order valence-electron chi connectivity index (χ4n) is 1.00. The minimum absolute atomic E-state index is 0.211. The highest BCUT2D eigenvalue weighted by Crippen LogP contribution is 2.12. The summed E-state index contributed by atoms with van der Waals surface area (Å²) in [7, 11) is 0. The molecular weight excluding hydrogens is 340 g/mol. The molecule has 88 valence electrons. The minimum Gasteiger partial charge on any atom is -0.345 e. The lowest BCUT2D eigenvalue weighted by Crippen LogP contribution is -2.49. The van der Waals surface area contributed by atoms with Gasteiger partial charge in [0.05, 0.1) is 11.1 Å². The van der Waals surface area contributed by atoms with E-state index >= 15 is 0 Å². The smallest absolute Gasteiger partial charge is 0.253 e. The molecule has 1 amide bonds. The number of rotatable bonds is 4. The second-order valence-corrected chi connectivity index (χ2v) is 4.85. The third-order valence-corrected chi connectivity index (χ3v) is 4.53. The summed E-state index contributed by atoms with van der Waals surface area (Å²) in [5.74, 6) is -0.211. The Hall–Kier alpha value is -0.620. The summed E-state index contributed by atoms with van der Waals surface area (Å²) < 4.78 is 0.